The van der Waals surface area contributed by atoms with Crippen molar-refractivity contribution in [1.82, 2.24) is 23.6 Å². The zero-order valence-corrected chi connectivity index (χ0v) is 25.7. The van der Waals surface area contributed by atoms with Crippen molar-refractivity contribution in [3.05, 3.63) is 96.0 Å². The van der Waals surface area contributed by atoms with E-state index in [9.17, 15) is 14.4 Å². The zero-order valence-electron chi connectivity index (χ0n) is 22.6. The standard InChI is InChI=1S/C28H23Cl2N5O5S2/c1-5-10-34-24(36)21(42-28(34)41)12-15-6-9-19(20(11-15)39-4)40-26-31-23-22(25(37)33(3)27(38)32(23)2)35(26)14-16-7-8-17(29)13-18(16)30/h5-9,11-13H,1,10,14H2,2-4H3. The molecule has 42 heavy (non-hydrogen) atoms. The van der Waals surface area contributed by atoms with Crippen LogP contribution in [0.3, 0.4) is 0 Å². The van der Waals surface area contributed by atoms with Crippen LogP contribution in [0.4, 0.5) is 0 Å². The van der Waals surface area contributed by atoms with Gasteiger partial charge in [-0.3, -0.25) is 28.2 Å². The number of ether oxygens (including phenoxy) is 2. The SMILES string of the molecule is C=CCN1C(=O)C(=Cc2ccc(Oc3nc4c(c(=O)n(C)c(=O)n4C)n3Cc3ccc(Cl)cc3Cl)c(OC)c2)SC1=S. The summed E-state index contributed by atoms with van der Waals surface area (Å²) in [5, 5.41) is 0.846. The number of methoxy groups -OCH3 is 1. The molecule has 1 fully saturated rings. The second-order valence-electron chi connectivity index (χ2n) is 9.19. The van der Waals surface area contributed by atoms with Crippen molar-refractivity contribution < 1.29 is 14.3 Å². The number of carbonyl (C=O) groups excluding carboxylic acids is 1. The third kappa shape index (κ3) is 5.38. The van der Waals surface area contributed by atoms with Crippen LogP contribution >= 0.6 is 47.2 Å². The first kappa shape index (κ1) is 29.6. The van der Waals surface area contributed by atoms with Gasteiger partial charge < -0.3 is 9.47 Å². The Bertz CT molecular complexity index is 1950. The summed E-state index contributed by atoms with van der Waals surface area (Å²) in [4.78, 5) is 45.1. The summed E-state index contributed by atoms with van der Waals surface area (Å²) in [6.07, 6.45) is 3.33. The highest BCUT2D eigenvalue weighted by molar-refractivity contribution is 8.26. The van der Waals surface area contributed by atoms with E-state index >= 15 is 0 Å². The van der Waals surface area contributed by atoms with E-state index in [1.165, 1.54) is 42.4 Å². The Morgan fingerprint density at radius 3 is 2.52 bits per heavy atom. The minimum absolute atomic E-state index is 0.0330. The van der Waals surface area contributed by atoms with Gasteiger partial charge in [0.05, 0.1) is 18.6 Å². The predicted molar refractivity (Wildman–Crippen MR) is 169 cm³/mol. The Morgan fingerprint density at radius 2 is 1.83 bits per heavy atom. The number of hydrogen-bond donors (Lipinski definition) is 0. The minimum Gasteiger partial charge on any atom is -0.493 e. The molecule has 0 N–H and O–H groups in total. The van der Waals surface area contributed by atoms with Gasteiger partial charge in [-0.25, -0.2) is 4.79 Å². The Kier molecular flexibility index (Phi) is 8.33. The highest BCUT2D eigenvalue weighted by Gasteiger charge is 2.31. The molecule has 3 heterocycles. The summed E-state index contributed by atoms with van der Waals surface area (Å²) < 4.78 is 16.1. The first-order valence-corrected chi connectivity index (χ1v) is 14.3. The number of carbonyl (C=O) groups is 1. The van der Waals surface area contributed by atoms with Crippen molar-refractivity contribution in [3.63, 3.8) is 0 Å². The van der Waals surface area contributed by atoms with Crippen LogP contribution in [-0.2, 0) is 25.4 Å². The topological polar surface area (TPSA) is 101 Å². The lowest BCUT2D eigenvalue weighted by atomic mass is 10.2. The summed E-state index contributed by atoms with van der Waals surface area (Å²) in [6, 6.07) is 10.2. The number of imidazole rings is 1. The van der Waals surface area contributed by atoms with Crippen LogP contribution in [0, 0.1) is 0 Å². The van der Waals surface area contributed by atoms with Crippen molar-refractivity contribution in [1.29, 1.82) is 0 Å². The van der Waals surface area contributed by atoms with E-state index in [2.05, 4.69) is 11.6 Å². The molecule has 216 valence electrons. The smallest absolute Gasteiger partial charge is 0.332 e. The predicted octanol–water partition coefficient (Wildman–Crippen LogP) is 4.98. The van der Waals surface area contributed by atoms with Gasteiger partial charge in [0, 0.05) is 30.7 Å². The molecule has 1 aliphatic rings. The minimum atomic E-state index is -0.545. The molecule has 4 aromatic rings. The third-order valence-corrected chi connectivity index (χ3v) is 8.49. The first-order chi connectivity index (χ1) is 20.0. The average Bonchev–Trinajstić information content (AvgIpc) is 3.45. The molecule has 2 aromatic heterocycles. The van der Waals surface area contributed by atoms with Crippen LogP contribution in [-0.4, -0.2) is 47.5 Å². The van der Waals surface area contributed by atoms with Crippen molar-refractivity contribution in [2.24, 2.45) is 14.1 Å². The van der Waals surface area contributed by atoms with Crippen molar-refractivity contribution in [2.45, 2.75) is 6.54 Å². The molecule has 0 bridgehead atoms. The van der Waals surface area contributed by atoms with Crippen molar-refractivity contribution in [3.8, 4) is 17.5 Å². The number of rotatable bonds is 8. The monoisotopic (exact) mass is 643 g/mol. The Labute approximate surface area is 259 Å². The molecule has 14 heteroatoms. The quantitative estimate of drug-likeness (QED) is 0.151. The van der Waals surface area contributed by atoms with Crippen molar-refractivity contribution in [2.75, 3.05) is 13.7 Å². The average molecular weight is 645 g/mol. The molecule has 0 unspecified atom stereocenters. The van der Waals surface area contributed by atoms with Gasteiger partial charge in [-0.05, 0) is 41.5 Å². The zero-order chi connectivity index (χ0) is 30.3. The molecule has 1 amide bonds. The molecular formula is C28H23Cl2N5O5S2. The van der Waals surface area contributed by atoms with Crippen LogP contribution in [0.15, 0.2) is 63.5 Å². The van der Waals surface area contributed by atoms with Crippen molar-refractivity contribution >= 4 is 74.6 Å². The summed E-state index contributed by atoms with van der Waals surface area (Å²) in [5.74, 6) is 0.427. The maximum atomic E-state index is 13.3. The molecule has 5 rings (SSSR count). The lowest BCUT2D eigenvalue weighted by molar-refractivity contribution is -0.121. The molecule has 1 saturated heterocycles. The normalized spacial score (nSPS) is 14.3. The summed E-state index contributed by atoms with van der Waals surface area (Å²) >= 11 is 19.1. The Hall–Kier alpha value is -3.84. The van der Waals surface area contributed by atoms with E-state index in [4.69, 9.17) is 44.9 Å². The molecular weight excluding hydrogens is 621 g/mol. The van der Waals surface area contributed by atoms with Crippen LogP contribution in [0.1, 0.15) is 11.1 Å². The van der Waals surface area contributed by atoms with Gasteiger partial charge in [-0.1, -0.05) is 65.4 Å². The van der Waals surface area contributed by atoms with E-state index < -0.39 is 11.2 Å². The fraction of sp³-hybridized carbons (Fsp3) is 0.179. The summed E-state index contributed by atoms with van der Waals surface area (Å²) in [5.41, 5.74) is 0.539. The molecule has 2 aromatic carbocycles. The largest absolute Gasteiger partial charge is 0.493 e. The van der Waals surface area contributed by atoms with Gasteiger partial charge in [-0.15, -0.1) is 6.58 Å². The first-order valence-electron chi connectivity index (χ1n) is 12.4. The Morgan fingerprint density at radius 1 is 1.07 bits per heavy atom. The van der Waals surface area contributed by atoms with Crippen LogP contribution < -0.4 is 20.7 Å². The second kappa shape index (κ2) is 11.8. The molecule has 0 radical (unpaired) electrons. The number of fused-ring (bicyclic) bond motifs is 1. The second-order valence-corrected chi connectivity index (χ2v) is 11.7. The molecule has 0 saturated carbocycles. The third-order valence-electron chi connectivity index (χ3n) is 6.53. The number of aromatic nitrogens is 4. The van der Waals surface area contributed by atoms with Gasteiger partial charge in [0.1, 0.15) is 4.32 Å². The van der Waals surface area contributed by atoms with E-state index in [0.717, 1.165) is 4.57 Å². The van der Waals surface area contributed by atoms with Gasteiger partial charge in [0.15, 0.2) is 22.7 Å². The van der Waals surface area contributed by atoms with Crippen LogP contribution in [0.2, 0.25) is 10.0 Å². The van der Waals surface area contributed by atoms with E-state index in [1.54, 1.807) is 53.1 Å². The molecule has 10 nitrogen and oxygen atoms in total. The van der Waals surface area contributed by atoms with E-state index in [-0.39, 0.29) is 35.4 Å². The molecule has 0 atom stereocenters. The highest BCUT2D eigenvalue weighted by Crippen LogP contribution is 2.37. The molecule has 1 aliphatic heterocycles. The highest BCUT2D eigenvalue weighted by atomic mass is 35.5. The molecule has 0 aliphatic carbocycles. The van der Waals surface area contributed by atoms with Gasteiger partial charge in [0.2, 0.25) is 0 Å². The maximum Gasteiger partial charge on any atom is 0.332 e. The molecule has 0 spiro atoms. The van der Waals surface area contributed by atoms with Crippen LogP contribution in [0.5, 0.6) is 17.5 Å². The number of hydrogen-bond acceptors (Lipinski definition) is 8. The van der Waals surface area contributed by atoms with Crippen LogP contribution in [0.25, 0.3) is 17.2 Å². The Balaban J connectivity index is 1.58. The fourth-order valence-corrected chi connectivity index (χ4v) is 6.11. The number of thioether (sulfide) groups is 1. The number of amides is 1. The maximum absolute atomic E-state index is 13.3. The van der Waals surface area contributed by atoms with Gasteiger partial charge in [-0.2, -0.15) is 4.98 Å². The van der Waals surface area contributed by atoms with E-state index in [1.807, 2.05) is 0 Å². The number of benzene rings is 2. The summed E-state index contributed by atoms with van der Waals surface area (Å²) in [7, 11) is 4.39. The fourth-order valence-electron chi connectivity index (χ4n) is 4.37. The number of halogens is 2. The number of aryl methyl sites for hydroxylation is 1. The number of nitrogens with zero attached hydrogens (tertiary/aromatic N) is 5. The van der Waals surface area contributed by atoms with E-state index in [0.29, 0.717) is 42.7 Å². The van der Waals surface area contributed by atoms with Gasteiger partial charge in [0.25, 0.3) is 11.5 Å². The van der Waals surface area contributed by atoms with Gasteiger partial charge >= 0.3 is 11.7 Å². The lowest BCUT2D eigenvalue weighted by Gasteiger charge is -2.13. The lowest BCUT2D eigenvalue weighted by Crippen LogP contribution is -2.37. The summed E-state index contributed by atoms with van der Waals surface area (Å²) in [6.45, 7) is 4.10. The number of thiocarbonyl (C=S) groups is 1.